The van der Waals surface area contributed by atoms with Crippen LogP contribution in [0.25, 0.3) is 0 Å². The maximum Gasteiger partial charge on any atom is 0.120 e. The molecular weight excluding hydrogens is 422 g/mol. The van der Waals surface area contributed by atoms with Gasteiger partial charge in [-0.25, -0.2) is 0 Å². The Hall–Kier alpha value is -1.04. The van der Waals surface area contributed by atoms with Crippen molar-refractivity contribution >= 4 is 31.9 Å². The second kappa shape index (κ2) is 9.96. The average molecular weight is 443 g/mol. The summed E-state index contributed by atoms with van der Waals surface area (Å²) in [4.78, 5) is 2.46. The molecule has 1 saturated heterocycles. The van der Waals surface area contributed by atoms with Crippen LogP contribution in [0.5, 0.6) is 11.5 Å². The third-order valence-electron chi connectivity index (χ3n) is 3.48. The molecule has 3 rings (SSSR count). The largest absolute Gasteiger partial charge is 0.508 e. The van der Waals surface area contributed by atoms with Crippen LogP contribution in [0.15, 0.2) is 57.5 Å². The summed E-state index contributed by atoms with van der Waals surface area (Å²) < 4.78 is 7.65. The van der Waals surface area contributed by atoms with Gasteiger partial charge in [-0.05, 0) is 62.3 Å². The number of rotatable bonds is 4. The molecule has 1 aliphatic rings. The minimum Gasteiger partial charge on any atom is -0.508 e. The molecule has 2 aromatic carbocycles. The Kier molecular flexibility index (Phi) is 7.92. The molecule has 1 fully saturated rings. The van der Waals surface area contributed by atoms with Crippen molar-refractivity contribution in [2.45, 2.75) is 12.8 Å². The zero-order chi connectivity index (χ0) is 16.5. The number of hydrogen-bond donors (Lipinski definition) is 1. The number of halogens is 2. The van der Waals surface area contributed by atoms with Crippen molar-refractivity contribution < 1.29 is 9.84 Å². The van der Waals surface area contributed by atoms with Crippen LogP contribution in [0, 0.1) is 0 Å². The van der Waals surface area contributed by atoms with Crippen molar-refractivity contribution in [1.29, 1.82) is 0 Å². The molecule has 0 amide bonds. The van der Waals surface area contributed by atoms with Gasteiger partial charge >= 0.3 is 0 Å². The first-order valence-electron chi connectivity index (χ1n) is 7.69. The molecule has 0 saturated carbocycles. The van der Waals surface area contributed by atoms with E-state index in [1.54, 1.807) is 18.2 Å². The first kappa shape index (κ1) is 18.3. The van der Waals surface area contributed by atoms with Crippen molar-refractivity contribution in [3.63, 3.8) is 0 Å². The summed E-state index contributed by atoms with van der Waals surface area (Å²) in [5.41, 5.74) is 0. The molecule has 0 aromatic heterocycles. The lowest BCUT2D eigenvalue weighted by molar-refractivity contribution is 0.237. The topological polar surface area (TPSA) is 32.7 Å². The molecule has 5 heteroatoms. The molecule has 0 radical (unpaired) electrons. The summed E-state index contributed by atoms with van der Waals surface area (Å²) in [5, 5.41) is 8.78. The predicted molar refractivity (Wildman–Crippen MR) is 101 cm³/mol. The quantitative estimate of drug-likeness (QED) is 0.716. The number of benzene rings is 2. The number of hydrogen-bond acceptors (Lipinski definition) is 3. The van der Waals surface area contributed by atoms with E-state index in [4.69, 9.17) is 9.84 Å². The molecule has 0 spiro atoms. The minimum atomic E-state index is 0.291. The highest BCUT2D eigenvalue weighted by Crippen LogP contribution is 2.18. The van der Waals surface area contributed by atoms with E-state index in [9.17, 15) is 0 Å². The Balaban J connectivity index is 0.000000203. The van der Waals surface area contributed by atoms with E-state index in [1.807, 2.05) is 30.3 Å². The highest BCUT2D eigenvalue weighted by atomic mass is 79.9. The molecule has 124 valence electrons. The van der Waals surface area contributed by atoms with Crippen LogP contribution in [-0.4, -0.2) is 36.2 Å². The van der Waals surface area contributed by atoms with Gasteiger partial charge in [0.15, 0.2) is 0 Å². The average Bonchev–Trinajstić information content (AvgIpc) is 3.01. The summed E-state index contributed by atoms with van der Waals surface area (Å²) in [7, 11) is 0. The third-order valence-corrected chi connectivity index (χ3v) is 4.47. The van der Waals surface area contributed by atoms with E-state index >= 15 is 0 Å². The van der Waals surface area contributed by atoms with Gasteiger partial charge in [-0.15, -0.1) is 0 Å². The molecular formula is C18H21Br2NO2. The van der Waals surface area contributed by atoms with Gasteiger partial charge in [0.2, 0.25) is 0 Å². The Labute approximate surface area is 154 Å². The van der Waals surface area contributed by atoms with Crippen LogP contribution in [0.1, 0.15) is 12.8 Å². The van der Waals surface area contributed by atoms with Gasteiger partial charge in [-0.3, -0.25) is 4.90 Å². The van der Waals surface area contributed by atoms with Gasteiger partial charge in [-0.1, -0.05) is 44.0 Å². The van der Waals surface area contributed by atoms with Crippen molar-refractivity contribution in [2.75, 3.05) is 26.2 Å². The lowest BCUT2D eigenvalue weighted by atomic mass is 10.3. The van der Waals surface area contributed by atoms with E-state index < -0.39 is 0 Å². The van der Waals surface area contributed by atoms with Crippen molar-refractivity contribution in [2.24, 2.45) is 0 Å². The lowest BCUT2D eigenvalue weighted by Crippen LogP contribution is -2.25. The van der Waals surface area contributed by atoms with Crippen molar-refractivity contribution in [3.8, 4) is 11.5 Å². The number of nitrogens with zero attached hydrogens (tertiary/aromatic N) is 1. The fourth-order valence-corrected chi connectivity index (χ4v) is 3.10. The third kappa shape index (κ3) is 7.38. The van der Waals surface area contributed by atoms with E-state index in [0.717, 1.165) is 27.8 Å². The number of likely N-dealkylation sites (tertiary alicyclic amines) is 1. The molecule has 23 heavy (non-hydrogen) atoms. The number of phenolic OH excluding ortho intramolecular Hbond substituents is 1. The molecule has 3 nitrogen and oxygen atoms in total. The highest BCUT2D eigenvalue weighted by Gasteiger charge is 2.10. The maximum absolute atomic E-state index is 8.78. The number of ether oxygens (including phenoxy) is 1. The van der Waals surface area contributed by atoms with Gasteiger partial charge in [0.25, 0.3) is 0 Å². The Morgan fingerprint density at radius 3 is 2.17 bits per heavy atom. The normalized spacial score (nSPS) is 14.2. The Morgan fingerprint density at radius 1 is 0.957 bits per heavy atom. The van der Waals surface area contributed by atoms with E-state index in [-0.39, 0.29) is 0 Å². The van der Waals surface area contributed by atoms with Crippen LogP contribution in [-0.2, 0) is 0 Å². The number of phenols is 1. The standard InChI is InChI=1S/C12H16BrNO.C6H5BrO/c13-11-4-3-5-12(10-11)15-9-8-14-6-1-2-7-14;7-5-2-1-3-6(8)4-5/h3-5,10H,1-2,6-9H2;1-4,8H. The molecule has 0 atom stereocenters. The lowest BCUT2D eigenvalue weighted by Gasteiger charge is -2.14. The van der Waals surface area contributed by atoms with Crippen LogP contribution in [0.2, 0.25) is 0 Å². The van der Waals surface area contributed by atoms with Crippen LogP contribution >= 0.6 is 31.9 Å². The second-order valence-corrected chi connectivity index (χ2v) is 7.17. The summed E-state index contributed by atoms with van der Waals surface area (Å²) in [5.74, 6) is 1.24. The van der Waals surface area contributed by atoms with Gasteiger partial charge in [0, 0.05) is 15.5 Å². The fourth-order valence-electron chi connectivity index (χ4n) is 2.33. The van der Waals surface area contributed by atoms with Crippen molar-refractivity contribution in [1.82, 2.24) is 4.90 Å². The highest BCUT2D eigenvalue weighted by molar-refractivity contribution is 9.10. The molecule has 0 aliphatic carbocycles. The zero-order valence-electron chi connectivity index (χ0n) is 12.9. The summed E-state index contributed by atoms with van der Waals surface area (Å²) in [6.07, 6.45) is 2.69. The predicted octanol–water partition coefficient (Wildman–Crippen LogP) is 5.08. The van der Waals surface area contributed by atoms with E-state index in [1.165, 1.54) is 25.9 Å². The smallest absolute Gasteiger partial charge is 0.120 e. The molecule has 1 heterocycles. The van der Waals surface area contributed by atoms with Gasteiger partial charge < -0.3 is 9.84 Å². The van der Waals surface area contributed by atoms with Crippen LogP contribution in [0.3, 0.4) is 0 Å². The molecule has 0 unspecified atom stereocenters. The fraction of sp³-hybridized carbons (Fsp3) is 0.333. The van der Waals surface area contributed by atoms with Crippen LogP contribution < -0.4 is 4.74 Å². The van der Waals surface area contributed by atoms with Gasteiger partial charge in [0.1, 0.15) is 18.1 Å². The summed E-state index contributed by atoms with van der Waals surface area (Å²) in [6.45, 7) is 4.31. The Bertz CT molecular complexity index is 584. The maximum atomic E-state index is 8.78. The van der Waals surface area contributed by atoms with E-state index in [2.05, 4.69) is 36.8 Å². The first-order valence-corrected chi connectivity index (χ1v) is 9.27. The number of aromatic hydroxyl groups is 1. The first-order chi connectivity index (χ1) is 11.1. The van der Waals surface area contributed by atoms with Crippen LogP contribution in [0.4, 0.5) is 0 Å². The van der Waals surface area contributed by atoms with Gasteiger partial charge in [0.05, 0.1) is 0 Å². The summed E-state index contributed by atoms with van der Waals surface area (Å²) in [6, 6.07) is 14.9. The zero-order valence-corrected chi connectivity index (χ0v) is 16.1. The molecule has 2 aromatic rings. The molecule has 0 bridgehead atoms. The van der Waals surface area contributed by atoms with Gasteiger partial charge in [-0.2, -0.15) is 0 Å². The second-order valence-electron chi connectivity index (χ2n) is 5.33. The SMILES string of the molecule is Brc1cccc(OCCN2CCCC2)c1.Oc1cccc(Br)c1. The minimum absolute atomic E-state index is 0.291. The van der Waals surface area contributed by atoms with E-state index in [0.29, 0.717) is 5.75 Å². The summed E-state index contributed by atoms with van der Waals surface area (Å²) >= 11 is 6.63. The molecule has 1 N–H and O–H groups in total. The Morgan fingerprint density at radius 2 is 1.61 bits per heavy atom. The van der Waals surface area contributed by atoms with Crippen molar-refractivity contribution in [3.05, 3.63) is 57.5 Å². The molecule has 1 aliphatic heterocycles. The monoisotopic (exact) mass is 441 g/mol.